The van der Waals surface area contributed by atoms with Gasteiger partial charge in [0.2, 0.25) is 0 Å². The second-order valence-corrected chi connectivity index (χ2v) is 11.2. The van der Waals surface area contributed by atoms with E-state index in [4.69, 9.17) is 14.6 Å². The van der Waals surface area contributed by atoms with Crippen LogP contribution in [0.1, 0.15) is 39.0 Å². The van der Waals surface area contributed by atoms with E-state index >= 15 is 8.78 Å². The Labute approximate surface area is 254 Å². The summed E-state index contributed by atoms with van der Waals surface area (Å²) in [7, 11) is 4.05. The maximum atomic E-state index is 15.5. The molecule has 1 saturated carbocycles. The lowest BCUT2D eigenvalue weighted by molar-refractivity contribution is -0.134. The molecule has 1 fully saturated rings. The molecule has 6 rings (SSSR count). The molecular formula is C33H36F2N6O3. The van der Waals surface area contributed by atoms with E-state index in [1.165, 1.54) is 12.5 Å². The van der Waals surface area contributed by atoms with Gasteiger partial charge in [-0.25, -0.2) is 13.8 Å². The van der Waals surface area contributed by atoms with Crippen molar-refractivity contribution in [2.75, 3.05) is 20.6 Å². The summed E-state index contributed by atoms with van der Waals surface area (Å²) in [6.45, 7) is 2.74. The van der Waals surface area contributed by atoms with E-state index < -0.39 is 17.6 Å². The molecule has 0 atom stereocenters. The van der Waals surface area contributed by atoms with Gasteiger partial charge in [-0.15, -0.1) is 0 Å². The molecule has 1 aliphatic carbocycles. The van der Waals surface area contributed by atoms with Gasteiger partial charge >= 0.3 is 0 Å². The maximum absolute atomic E-state index is 15.5. The van der Waals surface area contributed by atoms with Gasteiger partial charge < -0.3 is 19.7 Å². The molecule has 5 aromatic rings. The fraction of sp³-hybridized carbons (Fsp3) is 0.333. The first-order valence-corrected chi connectivity index (χ1v) is 14.7. The van der Waals surface area contributed by atoms with Gasteiger partial charge in [-0.2, -0.15) is 10.1 Å². The SMILES string of the molecule is CC(=O)O.CN(C)CCn1cnc(-c2ccc(-c3ccc(-c4c(F)cc5[nH]c(OC6CCCCC6)nc5c4F)cc3)cc2)n1. The number of aliphatic carboxylic acids is 1. The van der Waals surface area contributed by atoms with E-state index in [0.717, 1.165) is 62.4 Å². The molecule has 0 saturated heterocycles. The number of hydrogen-bond acceptors (Lipinski definition) is 6. The highest BCUT2D eigenvalue weighted by Crippen LogP contribution is 2.34. The van der Waals surface area contributed by atoms with E-state index in [2.05, 4.69) is 25.0 Å². The van der Waals surface area contributed by atoms with Crippen LogP contribution in [0.4, 0.5) is 8.78 Å². The van der Waals surface area contributed by atoms with Gasteiger partial charge in [-0.05, 0) is 56.5 Å². The maximum Gasteiger partial charge on any atom is 0.300 e. The Balaban J connectivity index is 0.000000906. The average Bonchev–Trinajstić information content (AvgIpc) is 3.64. The molecule has 11 heteroatoms. The monoisotopic (exact) mass is 602 g/mol. The molecule has 0 aliphatic heterocycles. The van der Waals surface area contributed by atoms with Crippen molar-refractivity contribution in [2.45, 2.75) is 51.7 Å². The molecule has 1 aliphatic rings. The minimum absolute atomic E-state index is 0.0601. The Hall–Kier alpha value is -4.64. The molecule has 2 heterocycles. The molecule has 0 radical (unpaired) electrons. The zero-order valence-corrected chi connectivity index (χ0v) is 25.1. The smallest absolute Gasteiger partial charge is 0.300 e. The highest BCUT2D eigenvalue weighted by molar-refractivity contribution is 5.84. The number of halogens is 2. The number of hydrogen-bond donors (Lipinski definition) is 2. The lowest BCUT2D eigenvalue weighted by Gasteiger charge is -2.21. The molecule has 44 heavy (non-hydrogen) atoms. The van der Waals surface area contributed by atoms with Crippen LogP contribution in [0.25, 0.3) is 44.7 Å². The van der Waals surface area contributed by atoms with E-state index in [1.54, 1.807) is 18.5 Å². The lowest BCUT2D eigenvalue weighted by Crippen LogP contribution is -2.20. The molecule has 0 amide bonds. The van der Waals surface area contributed by atoms with Crippen molar-refractivity contribution >= 4 is 17.0 Å². The Morgan fingerprint density at radius 2 is 1.59 bits per heavy atom. The number of benzene rings is 3. The summed E-state index contributed by atoms with van der Waals surface area (Å²) in [5, 5.41) is 12.0. The average molecular weight is 603 g/mol. The zero-order chi connectivity index (χ0) is 31.2. The predicted molar refractivity (Wildman–Crippen MR) is 165 cm³/mol. The van der Waals surface area contributed by atoms with E-state index in [-0.39, 0.29) is 23.2 Å². The van der Waals surface area contributed by atoms with Crippen LogP contribution in [0.2, 0.25) is 0 Å². The van der Waals surface area contributed by atoms with Crippen LogP contribution in [-0.2, 0) is 11.3 Å². The predicted octanol–water partition coefficient (Wildman–Crippen LogP) is 6.80. The van der Waals surface area contributed by atoms with Crippen LogP contribution in [0.15, 0.2) is 60.9 Å². The first kappa shape index (κ1) is 30.8. The number of rotatable bonds is 8. The van der Waals surface area contributed by atoms with Crippen LogP contribution in [0, 0.1) is 11.6 Å². The first-order chi connectivity index (χ1) is 21.2. The number of aromatic nitrogens is 5. The summed E-state index contributed by atoms with van der Waals surface area (Å²) in [5.41, 5.74) is 3.56. The standard InChI is InChI=1S/C31H32F2N6O.C2H4O2/c1-38(2)16-17-39-19-34-30(37-39)23-14-10-21(11-15-23)20-8-12-22(13-9-20)27-25(32)18-26-29(28(27)33)36-31(35-26)40-24-6-4-3-5-7-24;1-2(3)4/h8-15,18-19,24H,3-7,16-17H2,1-2H3,(H,35,36);1H3,(H,3,4). The van der Waals surface area contributed by atoms with Crippen molar-refractivity contribution in [3.05, 3.63) is 72.6 Å². The third kappa shape index (κ3) is 7.46. The van der Waals surface area contributed by atoms with Gasteiger partial charge in [0.15, 0.2) is 11.6 Å². The van der Waals surface area contributed by atoms with Crippen molar-refractivity contribution in [1.29, 1.82) is 0 Å². The molecule has 2 N–H and O–H groups in total. The van der Waals surface area contributed by atoms with Gasteiger partial charge in [-0.3, -0.25) is 9.48 Å². The van der Waals surface area contributed by atoms with E-state index in [0.29, 0.717) is 16.9 Å². The first-order valence-electron chi connectivity index (χ1n) is 14.7. The second-order valence-electron chi connectivity index (χ2n) is 11.2. The van der Waals surface area contributed by atoms with Crippen LogP contribution in [0.3, 0.4) is 0 Å². The second kappa shape index (κ2) is 13.8. The summed E-state index contributed by atoms with van der Waals surface area (Å²) in [5.74, 6) is -1.50. The molecule has 2 aromatic heterocycles. The molecule has 0 bridgehead atoms. The minimum atomic E-state index is -0.833. The highest BCUT2D eigenvalue weighted by atomic mass is 19.1. The normalized spacial score (nSPS) is 13.6. The third-order valence-electron chi connectivity index (χ3n) is 7.44. The summed E-state index contributed by atoms with van der Waals surface area (Å²) < 4.78 is 38.4. The Bertz CT molecular complexity index is 1700. The summed E-state index contributed by atoms with van der Waals surface area (Å²) in [6, 6.07) is 16.7. The molecule has 9 nitrogen and oxygen atoms in total. The zero-order valence-electron chi connectivity index (χ0n) is 25.1. The number of carboxylic acids is 1. The quantitative estimate of drug-likeness (QED) is 0.201. The minimum Gasteiger partial charge on any atom is -0.481 e. The van der Waals surface area contributed by atoms with Gasteiger partial charge in [-0.1, -0.05) is 55.0 Å². The van der Waals surface area contributed by atoms with Crippen LogP contribution >= 0.6 is 0 Å². The lowest BCUT2D eigenvalue weighted by atomic mass is 9.98. The molecule has 230 valence electrons. The van der Waals surface area contributed by atoms with Crippen LogP contribution in [-0.4, -0.2) is 67.5 Å². The molecular weight excluding hydrogens is 566 g/mol. The number of nitrogens with one attached hydrogen (secondary N) is 1. The van der Waals surface area contributed by atoms with Crippen molar-refractivity contribution in [2.24, 2.45) is 0 Å². The van der Waals surface area contributed by atoms with Crippen molar-refractivity contribution in [3.63, 3.8) is 0 Å². The summed E-state index contributed by atoms with van der Waals surface area (Å²) in [6.07, 6.45) is 7.13. The highest BCUT2D eigenvalue weighted by Gasteiger charge is 2.21. The van der Waals surface area contributed by atoms with Crippen LogP contribution < -0.4 is 4.74 Å². The Morgan fingerprint density at radius 3 is 2.20 bits per heavy atom. The Morgan fingerprint density at radius 1 is 1.00 bits per heavy atom. The molecule has 0 spiro atoms. The molecule has 0 unspecified atom stereocenters. The van der Waals surface area contributed by atoms with Crippen LogP contribution in [0.5, 0.6) is 6.01 Å². The van der Waals surface area contributed by atoms with Gasteiger partial charge in [0.1, 0.15) is 23.8 Å². The number of likely N-dealkylation sites (N-methyl/N-ethyl adjacent to an activating group) is 1. The number of carboxylic acid groups (broad SMARTS) is 1. The van der Waals surface area contributed by atoms with Crippen molar-refractivity contribution < 1.29 is 23.4 Å². The summed E-state index contributed by atoms with van der Waals surface area (Å²) >= 11 is 0. The topological polar surface area (TPSA) is 109 Å². The largest absolute Gasteiger partial charge is 0.481 e. The van der Waals surface area contributed by atoms with Gasteiger partial charge in [0.25, 0.3) is 12.0 Å². The number of imidazole rings is 1. The van der Waals surface area contributed by atoms with E-state index in [1.807, 2.05) is 55.2 Å². The van der Waals surface area contributed by atoms with E-state index in [9.17, 15) is 0 Å². The number of nitrogens with zero attached hydrogens (tertiary/aromatic N) is 5. The number of carbonyl (C=O) groups is 1. The fourth-order valence-electron chi connectivity index (χ4n) is 5.20. The Kier molecular flexibility index (Phi) is 9.64. The van der Waals surface area contributed by atoms with Crippen molar-refractivity contribution in [3.8, 4) is 39.7 Å². The van der Waals surface area contributed by atoms with Gasteiger partial charge in [0.05, 0.1) is 17.6 Å². The summed E-state index contributed by atoms with van der Waals surface area (Å²) in [4.78, 5) is 22.8. The molecule has 3 aromatic carbocycles. The number of ether oxygens (including phenoxy) is 1. The third-order valence-corrected chi connectivity index (χ3v) is 7.44. The number of H-pyrrole nitrogens is 1. The fourth-order valence-corrected chi connectivity index (χ4v) is 5.20. The number of fused-ring (bicyclic) bond motifs is 1. The van der Waals surface area contributed by atoms with Gasteiger partial charge in [0, 0.05) is 25.1 Å². The van der Waals surface area contributed by atoms with Crippen molar-refractivity contribution in [1.82, 2.24) is 29.6 Å². The number of aromatic amines is 1.